The molecule has 9 nitrogen and oxygen atoms in total. The van der Waals surface area contributed by atoms with E-state index in [0.717, 1.165) is 0 Å². The van der Waals surface area contributed by atoms with Crippen molar-refractivity contribution in [3.8, 4) is 0 Å². The Morgan fingerprint density at radius 2 is 1.48 bits per heavy atom. The predicted molar refractivity (Wildman–Crippen MR) is 79.1 cm³/mol. The molecule has 0 atom stereocenters. The van der Waals surface area contributed by atoms with Crippen LogP contribution in [0.3, 0.4) is 0 Å². The van der Waals surface area contributed by atoms with Crippen molar-refractivity contribution in [2.75, 3.05) is 31.1 Å². The lowest BCUT2D eigenvalue weighted by molar-refractivity contribution is 0.0663. The van der Waals surface area contributed by atoms with Crippen molar-refractivity contribution in [3.05, 3.63) is 42.2 Å². The molecule has 3 heterocycles. The standard InChI is InChI=1S/C14H14N6O3/c21-12(10-11(13(22)23)16-5-4-15-10)19-6-8-20(9-7-19)14-17-2-1-3-18-14/h1-5H,6-9H2,(H,22,23). The van der Waals surface area contributed by atoms with Gasteiger partial charge in [-0.05, 0) is 6.07 Å². The molecule has 3 rings (SSSR count). The van der Waals surface area contributed by atoms with E-state index in [1.807, 2.05) is 4.90 Å². The zero-order valence-electron chi connectivity index (χ0n) is 12.2. The number of carboxylic acids is 1. The smallest absolute Gasteiger partial charge is 0.356 e. The Morgan fingerprint density at radius 1 is 0.870 bits per heavy atom. The molecule has 1 fully saturated rings. The summed E-state index contributed by atoms with van der Waals surface area (Å²) in [5.41, 5.74) is -0.462. The van der Waals surface area contributed by atoms with Crippen LogP contribution in [0.2, 0.25) is 0 Å². The van der Waals surface area contributed by atoms with Crippen LogP contribution >= 0.6 is 0 Å². The molecule has 0 aliphatic carbocycles. The molecule has 23 heavy (non-hydrogen) atoms. The molecule has 118 valence electrons. The summed E-state index contributed by atoms with van der Waals surface area (Å²) in [7, 11) is 0. The van der Waals surface area contributed by atoms with Crippen molar-refractivity contribution in [2.45, 2.75) is 0 Å². The molecule has 2 aromatic heterocycles. The van der Waals surface area contributed by atoms with Crippen LogP contribution in [0.4, 0.5) is 5.95 Å². The monoisotopic (exact) mass is 314 g/mol. The third kappa shape index (κ3) is 3.07. The molecule has 1 amide bonds. The van der Waals surface area contributed by atoms with Crippen LogP contribution < -0.4 is 4.90 Å². The summed E-state index contributed by atoms with van der Waals surface area (Å²) < 4.78 is 0. The lowest BCUT2D eigenvalue weighted by Crippen LogP contribution is -2.49. The van der Waals surface area contributed by atoms with E-state index >= 15 is 0 Å². The first-order valence-corrected chi connectivity index (χ1v) is 7.02. The first-order chi connectivity index (χ1) is 11.2. The van der Waals surface area contributed by atoms with E-state index in [9.17, 15) is 9.59 Å². The minimum Gasteiger partial charge on any atom is -0.476 e. The second-order valence-electron chi connectivity index (χ2n) is 4.89. The highest BCUT2D eigenvalue weighted by Gasteiger charge is 2.27. The molecular formula is C14H14N6O3. The fourth-order valence-corrected chi connectivity index (χ4v) is 2.36. The molecule has 1 aliphatic heterocycles. The van der Waals surface area contributed by atoms with Crippen LogP contribution in [0.1, 0.15) is 21.0 Å². The van der Waals surface area contributed by atoms with E-state index < -0.39 is 11.9 Å². The van der Waals surface area contributed by atoms with Gasteiger partial charge in [-0.3, -0.25) is 4.79 Å². The minimum absolute atomic E-state index is 0.135. The summed E-state index contributed by atoms with van der Waals surface area (Å²) in [6.07, 6.45) is 5.90. The van der Waals surface area contributed by atoms with Crippen molar-refractivity contribution < 1.29 is 14.7 Å². The van der Waals surface area contributed by atoms with Gasteiger partial charge in [0.25, 0.3) is 5.91 Å². The van der Waals surface area contributed by atoms with E-state index in [1.165, 1.54) is 12.4 Å². The fourth-order valence-electron chi connectivity index (χ4n) is 2.36. The van der Waals surface area contributed by atoms with Crippen LogP contribution in [-0.2, 0) is 0 Å². The molecule has 1 saturated heterocycles. The number of rotatable bonds is 3. The highest BCUT2D eigenvalue weighted by molar-refractivity contribution is 6.02. The molecule has 0 aromatic carbocycles. The van der Waals surface area contributed by atoms with Crippen LogP contribution in [0.15, 0.2) is 30.9 Å². The maximum absolute atomic E-state index is 12.5. The Balaban J connectivity index is 1.71. The predicted octanol–water partition coefficient (Wildman–Crippen LogP) is -0.0728. The lowest BCUT2D eigenvalue weighted by Gasteiger charge is -2.34. The number of hydrogen-bond acceptors (Lipinski definition) is 7. The van der Waals surface area contributed by atoms with Crippen LogP contribution in [0.5, 0.6) is 0 Å². The van der Waals surface area contributed by atoms with E-state index in [2.05, 4.69) is 19.9 Å². The molecule has 2 aromatic rings. The van der Waals surface area contributed by atoms with Gasteiger partial charge in [0.2, 0.25) is 5.95 Å². The SMILES string of the molecule is O=C(O)c1nccnc1C(=O)N1CCN(c2ncccn2)CC1. The highest BCUT2D eigenvalue weighted by Crippen LogP contribution is 2.13. The number of aromatic carboxylic acids is 1. The number of amides is 1. The van der Waals surface area contributed by atoms with Gasteiger partial charge in [-0.1, -0.05) is 0 Å². The number of anilines is 1. The molecule has 0 unspecified atom stereocenters. The molecule has 0 bridgehead atoms. The van der Waals surface area contributed by atoms with E-state index in [-0.39, 0.29) is 11.4 Å². The number of carbonyl (C=O) groups excluding carboxylic acids is 1. The Kier molecular flexibility index (Phi) is 4.09. The molecule has 1 aliphatic rings. The van der Waals surface area contributed by atoms with Gasteiger partial charge in [-0.15, -0.1) is 0 Å². The van der Waals surface area contributed by atoms with Crippen molar-refractivity contribution in [1.29, 1.82) is 0 Å². The van der Waals surface area contributed by atoms with Gasteiger partial charge < -0.3 is 14.9 Å². The summed E-state index contributed by atoms with van der Waals surface area (Å²) >= 11 is 0. The number of aromatic nitrogens is 4. The Bertz CT molecular complexity index is 715. The first-order valence-electron chi connectivity index (χ1n) is 7.02. The number of hydrogen-bond donors (Lipinski definition) is 1. The Labute approximate surface area is 131 Å². The quantitative estimate of drug-likeness (QED) is 0.837. The second-order valence-corrected chi connectivity index (χ2v) is 4.89. The van der Waals surface area contributed by atoms with Gasteiger partial charge in [0.1, 0.15) is 0 Å². The maximum Gasteiger partial charge on any atom is 0.356 e. The average molecular weight is 314 g/mol. The average Bonchev–Trinajstić information content (AvgIpc) is 2.62. The minimum atomic E-state index is -1.27. The Morgan fingerprint density at radius 3 is 2.09 bits per heavy atom. The third-order valence-corrected chi connectivity index (χ3v) is 3.51. The van der Waals surface area contributed by atoms with E-state index in [0.29, 0.717) is 32.1 Å². The number of carboxylic acid groups (broad SMARTS) is 1. The zero-order valence-corrected chi connectivity index (χ0v) is 12.2. The molecule has 9 heteroatoms. The zero-order chi connectivity index (χ0) is 16.2. The van der Waals surface area contributed by atoms with Gasteiger partial charge in [-0.25, -0.2) is 24.7 Å². The van der Waals surface area contributed by atoms with E-state index in [1.54, 1.807) is 23.4 Å². The largest absolute Gasteiger partial charge is 0.476 e. The van der Waals surface area contributed by atoms with Crippen LogP contribution in [-0.4, -0.2) is 68.0 Å². The van der Waals surface area contributed by atoms with Crippen molar-refractivity contribution in [2.24, 2.45) is 0 Å². The Hall–Kier alpha value is -3.10. The number of piperazine rings is 1. The second kappa shape index (κ2) is 6.34. The molecule has 0 radical (unpaired) electrons. The topological polar surface area (TPSA) is 112 Å². The van der Waals surface area contributed by atoms with Gasteiger partial charge in [0, 0.05) is 51.0 Å². The summed E-state index contributed by atoms with van der Waals surface area (Å²) in [6, 6.07) is 1.74. The third-order valence-electron chi connectivity index (χ3n) is 3.51. The number of nitrogens with zero attached hydrogens (tertiary/aromatic N) is 6. The lowest BCUT2D eigenvalue weighted by atomic mass is 10.2. The van der Waals surface area contributed by atoms with Crippen molar-refractivity contribution in [1.82, 2.24) is 24.8 Å². The summed E-state index contributed by atoms with van der Waals surface area (Å²) in [5, 5.41) is 9.11. The molecule has 0 spiro atoms. The van der Waals surface area contributed by atoms with Crippen molar-refractivity contribution >= 4 is 17.8 Å². The summed E-state index contributed by atoms with van der Waals surface area (Å²) in [4.78, 5) is 43.1. The van der Waals surface area contributed by atoms with Crippen molar-refractivity contribution in [3.63, 3.8) is 0 Å². The number of carbonyl (C=O) groups is 2. The molecule has 0 saturated carbocycles. The molecule has 1 N–H and O–H groups in total. The van der Waals surface area contributed by atoms with Gasteiger partial charge in [0.15, 0.2) is 11.4 Å². The van der Waals surface area contributed by atoms with Gasteiger partial charge >= 0.3 is 5.97 Å². The van der Waals surface area contributed by atoms with Gasteiger partial charge in [0.05, 0.1) is 0 Å². The first kappa shape index (κ1) is 14.8. The van der Waals surface area contributed by atoms with Crippen LogP contribution in [0.25, 0.3) is 0 Å². The maximum atomic E-state index is 12.5. The van der Waals surface area contributed by atoms with Gasteiger partial charge in [-0.2, -0.15) is 0 Å². The highest BCUT2D eigenvalue weighted by atomic mass is 16.4. The van der Waals surface area contributed by atoms with Crippen LogP contribution in [0, 0.1) is 0 Å². The van der Waals surface area contributed by atoms with E-state index in [4.69, 9.17) is 5.11 Å². The molecular weight excluding hydrogens is 300 g/mol. The normalized spacial score (nSPS) is 14.6. The fraction of sp³-hybridized carbons (Fsp3) is 0.286. The summed E-state index contributed by atoms with van der Waals surface area (Å²) in [5.74, 6) is -1.08. The summed E-state index contributed by atoms with van der Waals surface area (Å²) in [6.45, 7) is 2.01.